The molecular formula is C5H7N2O2S. The van der Waals surface area contributed by atoms with E-state index in [0.29, 0.717) is 0 Å². The molecule has 0 unspecified atom stereocenters. The minimum absolute atomic E-state index is 0.0581. The molecular weight excluding hydrogens is 152 g/mol. The van der Waals surface area contributed by atoms with E-state index in [1.807, 2.05) is 0 Å². The summed E-state index contributed by atoms with van der Waals surface area (Å²) in [7, 11) is -3.18. The van der Waals surface area contributed by atoms with E-state index < -0.39 is 10.0 Å². The lowest BCUT2D eigenvalue weighted by Crippen LogP contribution is -2.14. The summed E-state index contributed by atoms with van der Waals surface area (Å²) < 4.78 is 22.8. The zero-order valence-corrected chi connectivity index (χ0v) is 6.30. The Bertz CT molecular complexity index is 287. The van der Waals surface area contributed by atoms with Crippen LogP contribution < -0.4 is 0 Å². The Hall–Kier alpha value is -0.840. The van der Waals surface area contributed by atoms with Crippen LogP contribution in [0.25, 0.3) is 0 Å². The van der Waals surface area contributed by atoms with Gasteiger partial charge in [0.05, 0.1) is 5.75 Å². The first-order valence-electron chi connectivity index (χ1n) is 2.82. The molecule has 55 valence electrons. The standard InChI is InChI=1S/C5H7N2O2S/c1-2-10(8,9)7-5-3-4-6-7/h3,5H,2H2,1H3. The van der Waals surface area contributed by atoms with E-state index in [0.717, 1.165) is 4.09 Å². The van der Waals surface area contributed by atoms with E-state index in [1.165, 1.54) is 12.3 Å². The summed E-state index contributed by atoms with van der Waals surface area (Å²) in [5.74, 6) is 0.0581. The van der Waals surface area contributed by atoms with Crippen molar-refractivity contribution < 1.29 is 8.42 Å². The van der Waals surface area contributed by atoms with Crippen molar-refractivity contribution in [1.29, 1.82) is 0 Å². The highest BCUT2D eigenvalue weighted by molar-refractivity contribution is 7.89. The molecule has 0 saturated carbocycles. The van der Waals surface area contributed by atoms with Crippen LogP contribution in [0.4, 0.5) is 0 Å². The number of aromatic nitrogens is 2. The zero-order chi connectivity index (χ0) is 7.61. The van der Waals surface area contributed by atoms with Gasteiger partial charge in [0.1, 0.15) is 6.20 Å². The summed E-state index contributed by atoms with van der Waals surface area (Å²) in [6.07, 6.45) is 3.76. The van der Waals surface area contributed by atoms with E-state index in [9.17, 15) is 8.42 Å². The summed E-state index contributed by atoms with van der Waals surface area (Å²) in [6, 6.07) is 1.45. The number of rotatable bonds is 2. The summed E-state index contributed by atoms with van der Waals surface area (Å²) in [5, 5.41) is 3.46. The van der Waals surface area contributed by atoms with Crippen LogP contribution in [0.5, 0.6) is 0 Å². The van der Waals surface area contributed by atoms with Crippen LogP contribution in [0, 0.1) is 6.20 Å². The van der Waals surface area contributed by atoms with E-state index >= 15 is 0 Å². The molecule has 0 aliphatic heterocycles. The second kappa shape index (κ2) is 2.42. The zero-order valence-electron chi connectivity index (χ0n) is 5.48. The topological polar surface area (TPSA) is 52.0 Å². The van der Waals surface area contributed by atoms with Gasteiger partial charge in [-0.25, -0.2) is 8.42 Å². The summed E-state index contributed by atoms with van der Waals surface area (Å²) in [4.78, 5) is 0. The Morgan fingerprint density at radius 2 is 2.40 bits per heavy atom. The van der Waals surface area contributed by atoms with Gasteiger partial charge in [-0.2, -0.15) is 9.19 Å². The molecule has 1 aromatic rings. The van der Waals surface area contributed by atoms with Crippen molar-refractivity contribution in [2.75, 3.05) is 5.75 Å². The Balaban J connectivity index is 3.09. The first-order valence-corrected chi connectivity index (χ1v) is 4.42. The van der Waals surface area contributed by atoms with Crippen molar-refractivity contribution in [2.45, 2.75) is 6.92 Å². The lowest BCUT2D eigenvalue weighted by Gasteiger charge is -1.97. The van der Waals surface area contributed by atoms with Crippen molar-refractivity contribution >= 4 is 10.0 Å². The van der Waals surface area contributed by atoms with Crippen LogP contribution in [0.2, 0.25) is 0 Å². The second-order valence-electron chi connectivity index (χ2n) is 1.72. The fraction of sp³-hybridized carbons (Fsp3) is 0.400. The van der Waals surface area contributed by atoms with Gasteiger partial charge in [0.25, 0.3) is 10.0 Å². The molecule has 4 nitrogen and oxygen atoms in total. The highest BCUT2D eigenvalue weighted by Crippen LogP contribution is 1.92. The molecule has 1 rings (SSSR count). The average molecular weight is 159 g/mol. The van der Waals surface area contributed by atoms with Crippen LogP contribution in [0.15, 0.2) is 12.3 Å². The maximum absolute atomic E-state index is 10.9. The predicted octanol–water partition coefficient (Wildman–Crippen LogP) is -0.119. The van der Waals surface area contributed by atoms with Gasteiger partial charge >= 0.3 is 0 Å². The molecule has 0 spiro atoms. The molecule has 0 fully saturated rings. The van der Waals surface area contributed by atoms with Gasteiger partial charge < -0.3 is 0 Å². The lowest BCUT2D eigenvalue weighted by molar-refractivity contribution is 0.581. The molecule has 0 aromatic carbocycles. The number of hydrogen-bond acceptors (Lipinski definition) is 3. The fourth-order valence-corrected chi connectivity index (χ4v) is 1.19. The smallest absolute Gasteiger partial charge is 0.205 e. The molecule has 0 atom stereocenters. The Labute approximate surface area is 59.5 Å². The van der Waals surface area contributed by atoms with E-state index in [4.69, 9.17) is 0 Å². The van der Waals surface area contributed by atoms with Gasteiger partial charge in [0.15, 0.2) is 0 Å². The third kappa shape index (κ3) is 1.18. The van der Waals surface area contributed by atoms with E-state index in [-0.39, 0.29) is 5.75 Å². The first kappa shape index (κ1) is 7.27. The molecule has 0 saturated heterocycles. The summed E-state index contributed by atoms with van der Waals surface area (Å²) >= 11 is 0. The van der Waals surface area contributed by atoms with Gasteiger partial charge in [-0.15, -0.1) is 0 Å². The summed E-state index contributed by atoms with van der Waals surface area (Å²) in [6.45, 7) is 1.57. The molecule has 1 aromatic heterocycles. The van der Waals surface area contributed by atoms with Gasteiger partial charge in [0.2, 0.25) is 0 Å². The van der Waals surface area contributed by atoms with Gasteiger partial charge in [-0.1, -0.05) is 0 Å². The lowest BCUT2D eigenvalue weighted by atomic mass is 10.8. The third-order valence-electron chi connectivity index (χ3n) is 1.08. The van der Waals surface area contributed by atoms with Crippen molar-refractivity contribution in [3.63, 3.8) is 0 Å². The number of nitrogens with zero attached hydrogens (tertiary/aromatic N) is 2. The molecule has 1 radical (unpaired) electrons. The van der Waals surface area contributed by atoms with Crippen LogP contribution >= 0.6 is 0 Å². The molecule has 0 amide bonds. The first-order chi connectivity index (χ1) is 4.67. The van der Waals surface area contributed by atoms with Crippen LogP contribution in [0.3, 0.4) is 0 Å². The second-order valence-corrected chi connectivity index (χ2v) is 3.83. The van der Waals surface area contributed by atoms with Crippen LogP contribution in [-0.2, 0) is 10.0 Å². The molecule has 0 bridgehead atoms. The van der Waals surface area contributed by atoms with Gasteiger partial charge in [-0.3, -0.25) is 0 Å². The molecule has 5 heteroatoms. The minimum Gasteiger partial charge on any atom is -0.205 e. The SMILES string of the molecule is CCS(=O)(=O)n1cc[c]n1. The Morgan fingerprint density at radius 3 is 2.80 bits per heavy atom. The maximum atomic E-state index is 10.9. The average Bonchev–Trinajstić information content (AvgIpc) is 2.38. The maximum Gasteiger partial charge on any atom is 0.253 e. The fourth-order valence-electron chi connectivity index (χ4n) is 0.508. The number of hydrogen-bond donors (Lipinski definition) is 0. The van der Waals surface area contributed by atoms with Gasteiger partial charge in [-0.05, 0) is 13.0 Å². The third-order valence-corrected chi connectivity index (χ3v) is 2.59. The van der Waals surface area contributed by atoms with Crippen LogP contribution in [-0.4, -0.2) is 23.4 Å². The predicted molar refractivity (Wildman–Crippen MR) is 35.9 cm³/mol. The van der Waals surface area contributed by atoms with Crippen molar-refractivity contribution in [3.8, 4) is 0 Å². The molecule has 0 aliphatic rings. The molecule has 10 heavy (non-hydrogen) atoms. The Kier molecular flexibility index (Phi) is 1.76. The van der Waals surface area contributed by atoms with Crippen LogP contribution in [0.1, 0.15) is 6.92 Å². The monoisotopic (exact) mass is 159 g/mol. The van der Waals surface area contributed by atoms with Crippen molar-refractivity contribution in [3.05, 3.63) is 18.5 Å². The van der Waals surface area contributed by atoms with Crippen molar-refractivity contribution in [1.82, 2.24) is 9.19 Å². The Morgan fingerprint density at radius 1 is 1.70 bits per heavy atom. The van der Waals surface area contributed by atoms with E-state index in [2.05, 4.69) is 11.3 Å². The summed E-state index contributed by atoms with van der Waals surface area (Å²) in [5.41, 5.74) is 0. The normalized spacial score (nSPS) is 11.7. The minimum atomic E-state index is -3.18. The highest BCUT2D eigenvalue weighted by Gasteiger charge is 2.07. The van der Waals surface area contributed by atoms with Crippen molar-refractivity contribution in [2.24, 2.45) is 0 Å². The molecule has 1 heterocycles. The van der Waals surface area contributed by atoms with Gasteiger partial charge in [0, 0.05) is 6.20 Å². The highest BCUT2D eigenvalue weighted by atomic mass is 32.2. The van der Waals surface area contributed by atoms with E-state index in [1.54, 1.807) is 6.92 Å². The molecule has 0 aliphatic carbocycles. The molecule has 0 N–H and O–H groups in total. The largest absolute Gasteiger partial charge is 0.253 e. The quantitative estimate of drug-likeness (QED) is 0.604.